The average Bonchev–Trinajstić information content (AvgIpc) is 3.40. The maximum Gasteiger partial charge on any atom is 0.416 e. The first-order valence-corrected chi connectivity index (χ1v) is 9.80. The molecule has 1 aromatic heterocycles. The second-order valence-electron chi connectivity index (χ2n) is 7.44. The lowest BCUT2D eigenvalue weighted by Gasteiger charge is -2.24. The fraction of sp³-hybridized carbons (Fsp3) is 0.167. The molecule has 3 aromatic rings. The lowest BCUT2D eigenvalue weighted by atomic mass is 9.97. The summed E-state index contributed by atoms with van der Waals surface area (Å²) in [5, 5.41) is 11.1. The summed E-state index contributed by atoms with van der Waals surface area (Å²) in [5.74, 6) is -2.33. The van der Waals surface area contributed by atoms with Crippen LogP contribution >= 0.6 is 0 Å². The van der Waals surface area contributed by atoms with Crippen LogP contribution in [0.2, 0.25) is 0 Å². The number of hydrogen-bond acceptors (Lipinski definition) is 5. The number of ketones is 1. The van der Waals surface area contributed by atoms with Gasteiger partial charge in [-0.3, -0.25) is 14.5 Å². The van der Waals surface area contributed by atoms with Crippen molar-refractivity contribution in [2.75, 3.05) is 12.0 Å². The van der Waals surface area contributed by atoms with Gasteiger partial charge < -0.3 is 14.3 Å². The molecule has 9 heteroatoms. The maximum atomic E-state index is 13.3. The van der Waals surface area contributed by atoms with Crippen molar-refractivity contribution in [1.82, 2.24) is 0 Å². The first-order chi connectivity index (χ1) is 15.6. The number of halogens is 3. The molecule has 1 unspecified atom stereocenters. The van der Waals surface area contributed by atoms with Gasteiger partial charge in [0.1, 0.15) is 23.3 Å². The van der Waals surface area contributed by atoms with Crippen LogP contribution in [0.15, 0.2) is 70.9 Å². The van der Waals surface area contributed by atoms with Gasteiger partial charge in [-0.05, 0) is 49.4 Å². The molecule has 0 radical (unpaired) electrons. The average molecular weight is 457 g/mol. The number of benzene rings is 2. The SMILES string of the molecule is COc1ccc(C)cc1/C(O)=C1/C(=O)C(=O)N(c2cccc(C(F)(F)F)c2)C1c1ccco1. The lowest BCUT2D eigenvalue weighted by Crippen LogP contribution is -2.29. The summed E-state index contributed by atoms with van der Waals surface area (Å²) in [5.41, 5.74) is -0.560. The van der Waals surface area contributed by atoms with Crippen LogP contribution in [0.25, 0.3) is 5.76 Å². The Labute approximate surface area is 186 Å². The number of aliphatic hydroxyl groups excluding tert-OH is 1. The van der Waals surface area contributed by atoms with E-state index >= 15 is 0 Å². The first-order valence-electron chi connectivity index (χ1n) is 9.80. The van der Waals surface area contributed by atoms with Gasteiger partial charge in [0.15, 0.2) is 0 Å². The molecule has 1 fully saturated rings. The van der Waals surface area contributed by atoms with Gasteiger partial charge in [-0.15, -0.1) is 0 Å². The maximum absolute atomic E-state index is 13.3. The number of amides is 1. The van der Waals surface area contributed by atoms with Crippen LogP contribution in [0.5, 0.6) is 5.75 Å². The molecule has 2 aromatic carbocycles. The van der Waals surface area contributed by atoms with Crippen molar-refractivity contribution in [3.8, 4) is 5.75 Å². The van der Waals surface area contributed by atoms with E-state index in [4.69, 9.17) is 9.15 Å². The lowest BCUT2D eigenvalue weighted by molar-refractivity contribution is -0.137. The zero-order valence-corrected chi connectivity index (χ0v) is 17.5. The Kier molecular flexibility index (Phi) is 5.49. The molecule has 0 saturated carbocycles. The molecule has 6 nitrogen and oxygen atoms in total. The van der Waals surface area contributed by atoms with E-state index in [0.29, 0.717) is 0 Å². The molecule has 1 aliphatic rings. The first kappa shape index (κ1) is 22.2. The summed E-state index contributed by atoms with van der Waals surface area (Å²) in [6, 6.07) is 10.7. The largest absolute Gasteiger partial charge is 0.507 e. The number of aryl methyl sites for hydroxylation is 1. The second-order valence-corrected chi connectivity index (χ2v) is 7.44. The fourth-order valence-electron chi connectivity index (χ4n) is 3.80. The number of methoxy groups -OCH3 is 1. The molecule has 4 rings (SSSR count). The molecular formula is C24H18F3NO5. The molecular weight excluding hydrogens is 439 g/mol. The second kappa shape index (κ2) is 8.16. The third-order valence-corrected chi connectivity index (χ3v) is 5.32. The summed E-state index contributed by atoms with van der Waals surface area (Å²) in [7, 11) is 1.38. The number of nitrogens with zero attached hydrogens (tertiary/aromatic N) is 1. The van der Waals surface area contributed by atoms with Crippen LogP contribution in [-0.2, 0) is 15.8 Å². The number of alkyl halides is 3. The number of anilines is 1. The highest BCUT2D eigenvalue weighted by molar-refractivity contribution is 6.51. The van der Waals surface area contributed by atoms with Crippen molar-refractivity contribution in [2.45, 2.75) is 19.1 Å². The summed E-state index contributed by atoms with van der Waals surface area (Å²) >= 11 is 0. The van der Waals surface area contributed by atoms with E-state index in [9.17, 15) is 27.9 Å². The van der Waals surface area contributed by atoms with Crippen LogP contribution in [0, 0.1) is 6.92 Å². The quantitative estimate of drug-likeness (QED) is 0.329. The van der Waals surface area contributed by atoms with E-state index in [1.54, 1.807) is 25.1 Å². The predicted molar refractivity (Wildman–Crippen MR) is 113 cm³/mol. The van der Waals surface area contributed by atoms with E-state index in [2.05, 4.69) is 0 Å². The van der Waals surface area contributed by atoms with Crippen molar-refractivity contribution in [2.24, 2.45) is 0 Å². The number of Topliss-reactive ketones (excluding diaryl/α,β-unsaturated/α-hetero) is 1. The van der Waals surface area contributed by atoms with Crippen molar-refractivity contribution >= 4 is 23.1 Å². The minimum absolute atomic E-state index is 0.0970. The highest BCUT2D eigenvalue weighted by Gasteiger charge is 2.49. The van der Waals surface area contributed by atoms with Gasteiger partial charge in [0.25, 0.3) is 11.7 Å². The molecule has 2 heterocycles. The molecule has 33 heavy (non-hydrogen) atoms. The fourth-order valence-corrected chi connectivity index (χ4v) is 3.80. The molecule has 1 atom stereocenters. The summed E-state index contributed by atoms with van der Waals surface area (Å²) < 4.78 is 50.6. The summed E-state index contributed by atoms with van der Waals surface area (Å²) in [6.07, 6.45) is -3.35. The number of carbonyl (C=O) groups excluding carboxylic acids is 2. The van der Waals surface area contributed by atoms with E-state index in [1.807, 2.05) is 0 Å². The Morgan fingerprint density at radius 1 is 1.09 bits per heavy atom. The topological polar surface area (TPSA) is 80.0 Å². The van der Waals surface area contributed by atoms with Crippen LogP contribution in [-0.4, -0.2) is 23.9 Å². The molecule has 170 valence electrons. The van der Waals surface area contributed by atoms with Crippen molar-refractivity contribution in [3.05, 3.63) is 88.9 Å². The van der Waals surface area contributed by atoms with Gasteiger partial charge in [0, 0.05) is 5.69 Å². The summed E-state index contributed by atoms with van der Waals surface area (Å²) in [6.45, 7) is 1.77. The van der Waals surface area contributed by atoms with Crippen LogP contribution in [0.4, 0.5) is 18.9 Å². The van der Waals surface area contributed by atoms with Gasteiger partial charge in [-0.1, -0.05) is 17.7 Å². The molecule has 1 amide bonds. The molecule has 0 spiro atoms. The van der Waals surface area contributed by atoms with Crippen LogP contribution in [0.1, 0.15) is 28.5 Å². The number of furan rings is 1. The van der Waals surface area contributed by atoms with Gasteiger partial charge in [-0.2, -0.15) is 13.2 Å². The number of hydrogen-bond donors (Lipinski definition) is 1. The Morgan fingerprint density at radius 2 is 1.85 bits per heavy atom. The zero-order chi connectivity index (χ0) is 23.9. The Hall–Kier alpha value is -4.01. The minimum atomic E-state index is -4.65. The minimum Gasteiger partial charge on any atom is -0.507 e. The van der Waals surface area contributed by atoms with E-state index in [1.165, 1.54) is 31.6 Å². The molecule has 1 N–H and O–H groups in total. The monoisotopic (exact) mass is 457 g/mol. The Bertz CT molecular complexity index is 1260. The third kappa shape index (κ3) is 3.86. The van der Waals surface area contributed by atoms with E-state index in [-0.39, 0.29) is 28.3 Å². The molecule has 1 saturated heterocycles. The number of ether oxygens (including phenoxy) is 1. The number of carbonyl (C=O) groups is 2. The zero-order valence-electron chi connectivity index (χ0n) is 17.5. The normalized spacial score (nSPS) is 18.1. The highest BCUT2D eigenvalue weighted by atomic mass is 19.4. The molecule has 0 bridgehead atoms. The van der Waals surface area contributed by atoms with Crippen molar-refractivity contribution < 1.29 is 37.0 Å². The Balaban J connectivity index is 1.95. The van der Waals surface area contributed by atoms with E-state index < -0.39 is 35.2 Å². The van der Waals surface area contributed by atoms with Crippen LogP contribution in [0.3, 0.4) is 0 Å². The third-order valence-electron chi connectivity index (χ3n) is 5.32. The number of rotatable bonds is 4. The smallest absolute Gasteiger partial charge is 0.416 e. The van der Waals surface area contributed by atoms with Gasteiger partial charge in [-0.25, -0.2) is 0 Å². The number of aliphatic hydroxyl groups is 1. The molecule has 0 aliphatic carbocycles. The van der Waals surface area contributed by atoms with Crippen LogP contribution < -0.4 is 9.64 Å². The molecule has 1 aliphatic heterocycles. The highest BCUT2D eigenvalue weighted by Crippen LogP contribution is 2.44. The van der Waals surface area contributed by atoms with Gasteiger partial charge >= 0.3 is 6.18 Å². The van der Waals surface area contributed by atoms with Gasteiger partial charge in [0.2, 0.25) is 0 Å². The van der Waals surface area contributed by atoms with E-state index in [0.717, 1.165) is 28.7 Å². The standard InChI is InChI=1S/C24H18F3NO5/c1-13-8-9-17(32-2)16(11-13)21(29)19-20(18-7-4-10-33-18)28(23(31)22(19)30)15-6-3-5-14(12-15)24(25,26)27/h3-12,20,29H,1-2H3/b21-19-. The predicted octanol–water partition coefficient (Wildman–Crippen LogP) is 5.24. The van der Waals surface area contributed by atoms with Crippen molar-refractivity contribution in [3.63, 3.8) is 0 Å². The Morgan fingerprint density at radius 3 is 2.48 bits per heavy atom. The van der Waals surface area contributed by atoms with Gasteiger partial charge in [0.05, 0.1) is 30.1 Å². The van der Waals surface area contributed by atoms with Crippen molar-refractivity contribution in [1.29, 1.82) is 0 Å². The summed E-state index contributed by atoms with van der Waals surface area (Å²) in [4.78, 5) is 27.0.